The van der Waals surface area contributed by atoms with Crippen LogP contribution in [0.15, 0.2) is 66.9 Å². The summed E-state index contributed by atoms with van der Waals surface area (Å²) in [4.78, 5) is 14.5. The molecule has 0 spiro atoms. The lowest BCUT2D eigenvalue weighted by atomic mass is 10.2. The number of amides is 2. The molecule has 4 rings (SSSR count). The molecule has 5 heteroatoms. The van der Waals surface area contributed by atoms with E-state index in [1.54, 1.807) is 12.0 Å². The van der Waals surface area contributed by atoms with Gasteiger partial charge in [0.1, 0.15) is 5.75 Å². The maximum absolute atomic E-state index is 12.8. The van der Waals surface area contributed by atoms with Crippen LogP contribution in [0.4, 0.5) is 16.2 Å². The second kappa shape index (κ2) is 5.77. The van der Waals surface area contributed by atoms with Gasteiger partial charge >= 0.3 is 6.03 Å². The first-order valence-electron chi connectivity index (χ1n) is 7.74. The molecule has 24 heavy (non-hydrogen) atoms. The minimum Gasteiger partial charge on any atom is -0.497 e. The van der Waals surface area contributed by atoms with Gasteiger partial charge in [-0.3, -0.25) is 4.90 Å². The lowest BCUT2D eigenvalue weighted by Crippen LogP contribution is -2.38. The zero-order valence-corrected chi connectivity index (χ0v) is 13.3. The van der Waals surface area contributed by atoms with E-state index in [-0.39, 0.29) is 6.03 Å². The molecule has 1 aliphatic rings. The molecule has 3 aromatic rings. The van der Waals surface area contributed by atoms with Gasteiger partial charge < -0.3 is 14.6 Å². The number of carbonyl (C=O) groups excluding carboxylic acids is 1. The summed E-state index contributed by atoms with van der Waals surface area (Å²) in [5, 5.41) is 2.95. The molecule has 0 saturated carbocycles. The van der Waals surface area contributed by atoms with Crippen LogP contribution in [0.3, 0.4) is 0 Å². The number of hydrogen-bond donors (Lipinski definition) is 1. The Morgan fingerprint density at radius 3 is 2.50 bits per heavy atom. The van der Waals surface area contributed by atoms with Crippen molar-refractivity contribution in [1.29, 1.82) is 0 Å². The maximum Gasteiger partial charge on any atom is 0.326 e. The van der Waals surface area contributed by atoms with Gasteiger partial charge in [-0.05, 0) is 48.5 Å². The van der Waals surface area contributed by atoms with Crippen molar-refractivity contribution < 1.29 is 9.53 Å². The van der Waals surface area contributed by atoms with Gasteiger partial charge in [-0.2, -0.15) is 0 Å². The molecular weight excluding hydrogens is 302 g/mol. The molecule has 0 radical (unpaired) electrons. The SMILES string of the molecule is COc1ccc(NC(=O)N2Cc3cccn3-c3ccccc32)cc1. The molecule has 0 fully saturated rings. The summed E-state index contributed by atoms with van der Waals surface area (Å²) >= 11 is 0. The lowest BCUT2D eigenvalue weighted by Gasteiger charge is -2.31. The number of fused-ring (bicyclic) bond motifs is 3. The molecule has 1 aliphatic heterocycles. The van der Waals surface area contributed by atoms with Crippen LogP contribution in [0.25, 0.3) is 5.69 Å². The summed E-state index contributed by atoms with van der Waals surface area (Å²) in [6.07, 6.45) is 2.02. The lowest BCUT2D eigenvalue weighted by molar-refractivity contribution is 0.256. The summed E-state index contributed by atoms with van der Waals surface area (Å²) in [5.41, 5.74) is 3.72. The van der Waals surface area contributed by atoms with Crippen LogP contribution in [0.1, 0.15) is 5.69 Å². The van der Waals surface area contributed by atoms with Crippen molar-refractivity contribution in [2.45, 2.75) is 6.54 Å². The molecule has 0 saturated heterocycles. The molecule has 1 N–H and O–H groups in total. The number of aromatic nitrogens is 1. The molecule has 0 bridgehead atoms. The minimum absolute atomic E-state index is 0.153. The number of nitrogens with one attached hydrogen (secondary N) is 1. The minimum atomic E-state index is -0.153. The van der Waals surface area contributed by atoms with E-state index in [1.165, 1.54) is 0 Å². The number of urea groups is 1. The number of methoxy groups -OCH3 is 1. The molecule has 2 aromatic carbocycles. The highest BCUT2D eigenvalue weighted by atomic mass is 16.5. The zero-order valence-electron chi connectivity index (χ0n) is 13.3. The molecule has 5 nitrogen and oxygen atoms in total. The predicted octanol–water partition coefficient (Wildman–Crippen LogP) is 4.04. The third-order valence-corrected chi connectivity index (χ3v) is 4.17. The van der Waals surface area contributed by atoms with Gasteiger partial charge in [-0.1, -0.05) is 12.1 Å². The highest BCUT2D eigenvalue weighted by Crippen LogP contribution is 2.32. The first kappa shape index (κ1) is 14.4. The summed E-state index contributed by atoms with van der Waals surface area (Å²) in [6.45, 7) is 0.534. The van der Waals surface area contributed by atoms with E-state index in [0.29, 0.717) is 6.54 Å². The average Bonchev–Trinajstić information content (AvgIpc) is 3.10. The second-order valence-corrected chi connectivity index (χ2v) is 5.60. The van der Waals surface area contributed by atoms with Gasteiger partial charge in [0.05, 0.1) is 25.0 Å². The van der Waals surface area contributed by atoms with Crippen molar-refractivity contribution in [1.82, 2.24) is 4.57 Å². The number of para-hydroxylation sites is 2. The predicted molar refractivity (Wildman–Crippen MR) is 94.0 cm³/mol. The fourth-order valence-electron chi connectivity index (χ4n) is 2.97. The molecule has 2 heterocycles. The Hall–Kier alpha value is -3.21. The Bertz CT molecular complexity index is 884. The quantitative estimate of drug-likeness (QED) is 0.775. The average molecular weight is 319 g/mol. The molecule has 0 atom stereocenters. The number of hydrogen-bond acceptors (Lipinski definition) is 2. The highest BCUT2D eigenvalue weighted by Gasteiger charge is 2.25. The van der Waals surface area contributed by atoms with Crippen molar-refractivity contribution in [2.24, 2.45) is 0 Å². The fraction of sp³-hybridized carbons (Fsp3) is 0.105. The Morgan fingerprint density at radius 2 is 1.75 bits per heavy atom. The number of nitrogens with zero attached hydrogens (tertiary/aromatic N) is 2. The van der Waals surface area contributed by atoms with Gasteiger partial charge in [0.25, 0.3) is 0 Å². The van der Waals surface area contributed by atoms with Crippen molar-refractivity contribution >= 4 is 17.4 Å². The first-order valence-corrected chi connectivity index (χ1v) is 7.74. The number of anilines is 2. The Morgan fingerprint density at radius 1 is 1.00 bits per heavy atom. The van der Waals surface area contributed by atoms with Crippen LogP contribution in [-0.2, 0) is 6.54 Å². The summed E-state index contributed by atoms with van der Waals surface area (Å²) in [7, 11) is 1.62. The molecule has 120 valence electrons. The maximum atomic E-state index is 12.8. The molecule has 2 amide bonds. The van der Waals surface area contributed by atoms with Gasteiger partial charge in [-0.15, -0.1) is 0 Å². The molecule has 1 aromatic heterocycles. The summed E-state index contributed by atoms with van der Waals surface area (Å²) < 4.78 is 7.26. The smallest absolute Gasteiger partial charge is 0.326 e. The monoisotopic (exact) mass is 319 g/mol. The van der Waals surface area contributed by atoms with E-state index in [0.717, 1.165) is 28.5 Å². The van der Waals surface area contributed by atoms with E-state index in [4.69, 9.17) is 4.74 Å². The van der Waals surface area contributed by atoms with E-state index in [9.17, 15) is 4.79 Å². The number of carbonyl (C=O) groups is 1. The Labute approximate surface area is 140 Å². The highest BCUT2D eigenvalue weighted by molar-refractivity contribution is 6.03. The van der Waals surface area contributed by atoms with Crippen molar-refractivity contribution in [3.8, 4) is 11.4 Å². The largest absolute Gasteiger partial charge is 0.497 e. The number of benzene rings is 2. The van der Waals surface area contributed by atoms with E-state index in [1.807, 2.05) is 66.9 Å². The van der Waals surface area contributed by atoms with Crippen LogP contribution in [0, 0.1) is 0 Å². The van der Waals surface area contributed by atoms with Gasteiger partial charge in [0, 0.05) is 17.6 Å². The normalized spacial score (nSPS) is 12.3. The second-order valence-electron chi connectivity index (χ2n) is 5.60. The van der Waals surface area contributed by atoms with Gasteiger partial charge in [-0.25, -0.2) is 4.79 Å². The molecule has 0 unspecified atom stereocenters. The van der Waals surface area contributed by atoms with E-state index >= 15 is 0 Å². The Kier molecular flexibility index (Phi) is 3.46. The summed E-state index contributed by atoms with van der Waals surface area (Å²) in [5.74, 6) is 0.758. The van der Waals surface area contributed by atoms with E-state index in [2.05, 4.69) is 9.88 Å². The van der Waals surface area contributed by atoms with Crippen molar-refractivity contribution in [2.75, 3.05) is 17.3 Å². The standard InChI is InChI=1S/C19H17N3O2/c1-24-16-10-8-14(9-11-16)20-19(23)22-13-15-5-4-12-21(15)17-6-2-3-7-18(17)22/h2-12H,13H2,1H3,(H,20,23). The zero-order chi connectivity index (χ0) is 16.5. The topological polar surface area (TPSA) is 46.5 Å². The van der Waals surface area contributed by atoms with Crippen LogP contribution in [0.5, 0.6) is 5.75 Å². The van der Waals surface area contributed by atoms with Crippen LogP contribution < -0.4 is 15.0 Å². The molecule has 0 aliphatic carbocycles. The van der Waals surface area contributed by atoms with Crippen molar-refractivity contribution in [3.63, 3.8) is 0 Å². The third-order valence-electron chi connectivity index (χ3n) is 4.17. The fourth-order valence-corrected chi connectivity index (χ4v) is 2.97. The summed E-state index contributed by atoms with van der Waals surface area (Å²) in [6, 6.07) is 19.1. The Balaban J connectivity index is 1.63. The van der Waals surface area contributed by atoms with Crippen LogP contribution in [-0.4, -0.2) is 17.7 Å². The number of rotatable bonds is 2. The van der Waals surface area contributed by atoms with Crippen LogP contribution in [0.2, 0.25) is 0 Å². The first-order chi connectivity index (χ1) is 11.8. The van der Waals surface area contributed by atoms with Gasteiger partial charge in [0.15, 0.2) is 0 Å². The van der Waals surface area contributed by atoms with Crippen molar-refractivity contribution in [3.05, 3.63) is 72.6 Å². The van der Waals surface area contributed by atoms with Gasteiger partial charge in [0.2, 0.25) is 0 Å². The molecular formula is C19H17N3O2. The van der Waals surface area contributed by atoms with Crippen LogP contribution >= 0.6 is 0 Å². The third kappa shape index (κ3) is 2.40. The van der Waals surface area contributed by atoms with E-state index < -0.39 is 0 Å². The number of ether oxygens (including phenoxy) is 1.